The molecule has 2 fully saturated rings. The lowest BCUT2D eigenvalue weighted by molar-refractivity contribution is 0.103. The van der Waals surface area contributed by atoms with Gasteiger partial charge in [0.05, 0.1) is 16.3 Å². The molecule has 2 aliphatic carbocycles. The number of amides is 1. The average Bonchev–Trinajstić information content (AvgIpc) is 2.97. The Bertz CT molecular complexity index is 733. The summed E-state index contributed by atoms with van der Waals surface area (Å²) in [5.74, 6) is 0.484. The minimum absolute atomic E-state index is 0.0579. The van der Waals surface area contributed by atoms with Gasteiger partial charge in [0.2, 0.25) is 0 Å². The molecule has 2 atom stereocenters. The van der Waals surface area contributed by atoms with Crippen molar-refractivity contribution in [2.24, 2.45) is 5.73 Å². The van der Waals surface area contributed by atoms with Crippen molar-refractivity contribution in [3.63, 3.8) is 0 Å². The summed E-state index contributed by atoms with van der Waals surface area (Å²) in [5, 5.41) is 15.7. The van der Waals surface area contributed by atoms with Gasteiger partial charge in [0, 0.05) is 30.2 Å². The van der Waals surface area contributed by atoms with Crippen LogP contribution in [0.4, 0.5) is 5.69 Å². The number of hydrogen-bond donors (Lipinski definition) is 4. The smallest absolute Gasteiger partial charge is 0.265 e. The van der Waals surface area contributed by atoms with E-state index in [1.165, 1.54) is 16.9 Å². The summed E-state index contributed by atoms with van der Waals surface area (Å²) in [5.41, 5.74) is 8.75. The van der Waals surface area contributed by atoms with Gasteiger partial charge in [-0.15, -0.1) is 11.3 Å². The van der Waals surface area contributed by atoms with Gasteiger partial charge in [-0.2, -0.15) is 5.10 Å². The Balaban J connectivity index is 1.34. The molecule has 2 aromatic rings. The van der Waals surface area contributed by atoms with Crippen LogP contribution in [0.3, 0.4) is 0 Å². The number of anilines is 1. The van der Waals surface area contributed by atoms with Gasteiger partial charge in [0.25, 0.3) is 5.91 Å². The third-order valence-electron chi connectivity index (χ3n) is 4.99. The fourth-order valence-corrected chi connectivity index (χ4v) is 4.26. The van der Waals surface area contributed by atoms with Crippen LogP contribution in [0.15, 0.2) is 17.6 Å². The van der Waals surface area contributed by atoms with E-state index in [-0.39, 0.29) is 5.91 Å². The van der Waals surface area contributed by atoms with Crippen molar-refractivity contribution in [1.29, 1.82) is 0 Å². The Morgan fingerprint density at radius 3 is 3.04 bits per heavy atom. The maximum atomic E-state index is 12.4. The number of aromatic nitrogens is 2. The van der Waals surface area contributed by atoms with Crippen LogP contribution in [0.2, 0.25) is 0 Å². The lowest BCUT2D eigenvalue weighted by atomic mass is 9.87. The molecule has 2 saturated carbocycles. The van der Waals surface area contributed by atoms with E-state index in [4.69, 9.17) is 5.73 Å². The Hall–Kier alpha value is -1.70. The molecule has 0 saturated heterocycles. The molecule has 2 aliphatic rings. The first kappa shape index (κ1) is 15.8. The molecule has 0 aliphatic heterocycles. The third-order valence-corrected chi connectivity index (χ3v) is 5.94. The largest absolute Gasteiger partial charge is 0.328 e. The van der Waals surface area contributed by atoms with Crippen LogP contribution in [-0.2, 0) is 6.42 Å². The Labute approximate surface area is 145 Å². The molecule has 2 unspecified atom stereocenters. The number of aryl methyl sites for hydroxylation is 1. The number of hydrogen-bond acceptors (Lipinski definition) is 5. The van der Waals surface area contributed by atoms with E-state index in [1.54, 1.807) is 6.20 Å². The molecule has 0 aromatic carbocycles. The molecule has 0 radical (unpaired) electrons. The predicted octanol–water partition coefficient (Wildman–Crippen LogP) is 2.22. The first-order valence-corrected chi connectivity index (χ1v) is 9.46. The van der Waals surface area contributed by atoms with Gasteiger partial charge in [-0.25, -0.2) is 0 Å². The van der Waals surface area contributed by atoms with Gasteiger partial charge >= 0.3 is 0 Å². The van der Waals surface area contributed by atoms with Crippen LogP contribution in [0.5, 0.6) is 0 Å². The number of nitrogens with one attached hydrogen (secondary N) is 3. The van der Waals surface area contributed by atoms with E-state index in [2.05, 4.69) is 26.2 Å². The van der Waals surface area contributed by atoms with Gasteiger partial charge < -0.3 is 16.4 Å². The molecule has 5 N–H and O–H groups in total. The number of rotatable bonds is 6. The summed E-state index contributed by atoms with van der Waals surface area (Å²) in [4.78, 5) is 13.2. The highest BCUT2D eigenvalue weighted by Gasteiger charge is 2.42. The first-order chi connectivity index (χ1) is 11.6. The molecular weight excluding hydrogens is 322 g/mol. The molecule has 4 rings (SSSR count). The second-order valence-corrected chi connectivity index (χ2v) is 7.75. The standard InChI is InChI=1S/C17H23N5OS/c1-2-13-15(7-19-22-13)21-17(23)16-3-9(8-24-16)12-6-14(12)20-11-4-10(18)5-11/h3,7-8,10-12,14,20H,2,4-6,18H2,1H3,(H,19,22)(H,21,23). The summed E-state index contributed by atoms with van der Waals surface area (Å²) in [6.07, 6.45) is 5.85. The van der Waals surface area contributed by atoms with Crippen molar-refractivity contribution in [2.45, 2.75) is 56.7 Å². The normalized spacial score (nSPS) is 28.4. The van der Waals surface area contributed by atoms with Gasteiger partial charge in [-0.3, -0.25) is 9.89 Å². The first-order valence-electron chi connectivity index (χ1n) is 8.58. The Morgan fingerprint density at radius 1 is 1.46 bits per heavy atom. The molecule has 128 valence electrons. The zero-order chi connectivity index (χ0) is 16.7. The van der Waals surface area contributed by atoms with Crippen molar-refractivity contribution >= 4 is 22.9 Å². The van der Waals surface area contributed by atoms with E-state index in [9.17, 15) is 4.79 Å². The molecule has 2 heterocycles. The molecule has 1 amide bonds. The minimum atomic E-state index is -0.0579. The summed E-state index contributed by atoms with van der Waals surface area (Å²) < 4.78 is 0. The number of H-pyrrole nitrogens is 1. The molecular formula is C17H23N5OS. The second kappa shape index (κ2) is 6.31. The van der Waals surface area contributed by atoms with Crippen molar-refractivity contribution in [3.8, 4) is 0 Å². The Morgan fingerprint density at radius 2 is 2.29 bits per heavy atom. The van der Waals surface area contributed by atoms with Crippen LogP contribution < -0.4 is 16.4 Å². The summed E-state index contributed by atoms with van der Waals surface area (Å²) >= 11 is 1.51. The van der Waals surface area contributed by atoms with Gasteiger partial charge in [-0.05, 0) is 42.7 Å². The van der Waals surface area contributed by atoms with E-state index >= 15 is 0 Å². The number of aromatic amines is 1. The monoisotopic (exact) mass is 345 g/mol. The number of nitrogens with zero attached hydrogens (tertiary/aromatic N) is 1. The number of carbonyl (C=O) groups is 1. The quantitative estimate of drug-likeness (QED) is 0.645. The fraction of sp³-hybridized carbons (Fsp3) is 0.529. The molecule has 0 bridgehead atoms. The van der Waals surface area contributed by atoms with E-state index < -0.39 is 0 Å². The van der Waals surface area contributed by atoms with Crippen LogP contribution >= 0.6 is 11.3 Å². The molecule has 24 heavy (non-hydrogen) atoms. The molecule has 0 spiro atoms. The van der Waals surface area contributed by atoms with Crippen molar-refractivity contribution < 1.29 is 4.79 Å². The van der Waals surface area contributed by atoms with Crippen molar-refractivity contribution in [1.82, 2.24) is 15.5 Å². The predicted molar refractivity (Wildman–Crippen MR) is 95.5 cm³/mol. The maximum Gasteiger partial charge on any atom is 0.265 e. The Kier molecular flexibility index (Phi) is 4.15. The lowest BCUT2D eigenvalue weighted by Crippen LogP contribution is -2.49. The topological polar surface area (TPSA) is 95.8 Å². The second-order valence-electron chi connectivity index (χ2n) is 6.84. The maximum absolute atomic E-state index is 12.4. The highest BCUT2D eigenvalue weighted by molar-refractivity contribution is 7.12. The minimum Gasteiger partial charge on any atom is -0.328 e. The SMILES string of the molecule is CCc1n[nH]cc1NC(=O)c1cc(C2CC2NC2CC(N)C2)cs1. The molecule has 2 aromatic heterocycles. The van der Waals surface area contributed by atoms with E-state index in [0.29, 0.717) is 24.0 Å². The number of thiophene rings is 1. The van der Waals surface area contributed by atoms with Crippen LogP contribution in [0.1, 0.15) is 53.0 Å². The van der Waals surface area contributed by atoms with Crippen molar-refractivity contribution in [2.75, 3.05) is 5.32 Å². The molecule has 6 nitrogen and oxygen atoms in total. The highest BCUT2D eigenvalue weighted by atomic mass is 32.1. The van der Waals surface area contributed by atoms with Crippen LogP contribution in [0.25, 0.3) is 0 Å². The zero-order valence-corrected chi connectivity index (χ0v) is 14.5. The summed E-state index contributed by atoms with van der Waals surface area (Å²) in [6.45, 7) is 2.02. The van der Waals surface area contributed by atoms with Gasteiger partial charge in [0.1, 0.15) is 0 Å². The highest BCUT2D eigenvalue weighted by Crippen LogP contribution is 2.43. The van der Waals surface area contributed by atoms with Crippen LogP contribution in [-0.4, -0.2) is 34.2 Å². The summed E-state index contributed by atoms with van der Waals surface area (Å²) in [7, 11) is 0. The van der Waals surface area contributed by atoms with Crippen LogP contribution in [0, 0.1) is 0 Å². The average molecular weight is 345 g/mol. The van der Waals surface area contributed by atoms with E-state index in [1.807, 2.05) is 13.0 Å². The summed E-state index contributed by atoms with van der Waals surface area (Å²) in [6, 6.07) is 3.55. The fourth-order valence-electron chi connectivity index (χ4n) is 3.39. The number of carbonyl (C=O) groups excluding carboxylic acids is 1. The zero-order valence-electron chi connectivity index (χ0n) is 13.7. The van der Waals surface area contributed by atoms with E-state index in [0.717, 1.165) is 41.9 Å². The third kappa shape index (κ3) is 3.11. The number of nitrogens with two attached hydrogens (primary N) is 1. The van der Waals surface area contributed by atoms with Gasteiger partial charge in [-0.1, -0.05) is 6.92 Å². The lowest BCUT2D eigenvalue weighted by Gasteiger charge is -2.33. The molecule has 7 heteroatoms. The van der Waals surface area contributed by atoms with Gasteiger partial charge in [0.15, 0.2) is 0 Å². The van der Waals surface area contributed by atoms with Crippen molar-refractivity contribution in [3.05, 3.63) is 33.8 Å².